The average molecular weight is 1080 g/mol. The van der Waals surface area contributed by atoms with Gasteiger partial charge in [-0.3, -0.25) is 0 Å². The molecule has 4 saturated carbocycles. The van der Waals surface area contributed by atoms with Crippen LogP contribution in [0.4, 0.5) is 0 Å². The summed E-state index contributed by atoms with van der Waals surface area (Å²) < 4.78 is 48.9. The lowest BCUT2D eigenvalue weighted by molar-refractivity contribution is -0.378. The molecule has 8 fully saturated rings. The van der Waals surface area contributed by atoms with E-state index in [1.165, 1.54) is 0 Å². The van der Waals surface area contributed by atoms with E-state index in [9.17, 15) is 71.5 Å². The van der Waals surface area contributed by atoms with E-state index in [0.29, 0.717) is 38.5 Å². The summed E-state index contributed by atoms with van der Waals surface area (Å²) in [6, 6.07) is 0. The van der Waals surface area contributed by atoms with Crippen LogP contribution in [0.25, 0.3) is 0 Å². The zero-order valence-corrected chi connectivity index (χ0v) is 44.7. The number of hydrogen-bond donors (Lipinski definition) is 14. The van der Waals surface area contributed by atoms with Crippen molar-refractivity contribution in [1.82, 2.24) is 0 Å². The summed E-state index contributed by atoms with van der Waals surface area (Å²) in [6.45, 7) is 14.9. The van der Waals surface area contributed by atoms with Crippen LogP contribution in [-0.4, -0.2) is 232 Å². The third-order valence-corrected chi connectivity index (χ3v) is 20.5. The first-order valence-electron chi connectivity index (χ1n) is 27.3. The zero-order valence-electron chi connectivity index (χ0n) is 44.7. The van der Waals surface area contributed by atoms with E-state index in [0.717, 1.165) is 24.8 Å². The van der Waals surface area contributed by atoms with E-state index >= 15 is 0 Å². The lowest BCUT2D eigenvalue weighted by atomic mass is 9.35. The second-order valence-corrected chi connectivity index (χ2v) is 25.3. The van der Waals surface area contributed by atoms with Crippen LogP contribution in [0.5, 0.6) is 0 Å². The second-order valence-electron chi connectivity index (χ2n) is 25.3. The van der Waals surface area contributed by atoms with Crippen molar-refractivity contribution >= 4 is 0 Å². The van der Waals surface area contributed by atoms with Crippen molar-refractivity contribution in [1.29, 1.82) is 0 Å². The molecule has 0 amide bonds. The van der Waals surface area contributed by atoms with Gasteiger partial charge in [0.15, 0.2) is 25.2 Å². The summed E-state index contributed by atoms with van der Waals surface area (Å²) in [5, 5.41) is 151. The minimum atomic E-state index is -1.81. The Morgan fingerprint density at radius 1 is 0.560 bits per heavy atom. The quantitative estimate of drug-likeness (QED) is 0.0614. The highest BCUT2D eigenvalue weighted by Crippen LogP contribution is 2.76. The van der Waals surface area contributed by atoms with Gasteiger partial charge in [0, 0.05) is 0 Å². The lowest BCUT2D eigenvalue weighted by Gasteiger charge is -2.71. The largest absolute Gasteiger partial charge is 0.394 e. The first kappa shape index (κ1) is 60.0. The molecule has 0 aromatic carbocycles. The fourth-order valence-corrected chi connectivity index (χ4v) is 16.1. The van der Waals surface area contributed by atoms with Crippen LogP contribution >= 0.6 is 0 Å². The third-order valence-electron chi connectivity index (χ3n) is 20.5. The molecule has 22 nitrogen and oxygen atoms in total. The number of allylic oxidation sites excluding steroid dienone is 2. The van der Waals surface area contributed by atoms with Gasteiger partial charge in [0.2, 0.25) is 0 Å². The van der Waals surface area contributed by atoms with Crippen molar-refractivity contribution in [2.45, 2.75) is 248 Å². The monoisotopic (exact) mass is 1080 g/mol. The number of fused-ring (bicyclic) bond motifs is 5. The molecule has 0 spiro atoms. The lowest BCUT2D eigenvalue weighted by Crippen LogP contribution is -2.68. The van der Waals surface area contributed by atoms with E-state index < -0.39 is 172 Å². The summed E-state index contributed by atoms with van der Waals surface area (Å²) in [6.07, 6.45) is -22.1. The van der Waals surface area contributed by atoms with Gasteiger partial charge in [-0.05, 0) is 124 Å². The molecule has 29 atom stereocenters. The maximum atomic E-state index is 12.8. The molecule has 14 N–H and O–H groups in total. The molecule has 4 heterocycles. The van der Waals surface area contributed by atoms with Gasteiger partial charge in [0.25, 0.3) is 0 Å². The van der Waals surface area contributed by atoms with Gasteiger partial charge in [-0.2, -0.15) is 0 Å². The van der Waals surface area contributed by atoms with Crippen molar-refractivity contribution in [2.75, 3.05) is 26.4 Å². The van der Waals surface area contributed by atoms with Gasteiger partial charge in [-0.1, -0.05) is 46.3 Å². The average Bonchev–Trinajstić information content (AvgIpc) is 3.89. The van der Waals surface area contributed by atoms with Crippen LogP contribution in [-0.2, 0) is 37.9 Å². The maximum absolute atomic E-state index is 12.8. The van der Waals surface area contributed by atoms with Crippen LogP contribution in [0.2, 0.25) is 0 Å². The smallest absolute Gasteiger partial charge is 0.187 e. The molecule has 0 aromatic rings. The molecule has 4 saturated heterocycles. The van der Waals surface area contributed by atoms with Crippen LogP contribution in [0, 0.1) is 45.3 Å². The van der Waals surface area contributed by atoms with Gasteiger partial charge in [-0.25, -0.2) is 0 Å². The summed E-state index contributed by atoms with van der Waals surface area (Å²) >= 11 is 0. The van der Waals surface area contributed by atoms with Crippen LogP contribution in [0.15, 0.2) is 11.6 Å². The second kappa shape index (κ2) is 22.7. The highest BCUT2D eigenvalue weighted by atomic mass is 16.8. The molecule has 434 valence electrons. The Morgan fingerprint density at radius 2 is 1.08 bits per heavy atom. The molecule has 0 aromatic heterocycles. The van der Waals surface area contributed by atoms with Crippen molar-refractivity contribution in [3.8, 4) is 0 Å². The van der Waals surface area contributed by atoms with E-state index in [1.54, 1.807) is 0 Å². The van der Waals surface area contributed by atoms with Crippen molar-refractivity contribution in [2.24, 2.45) is 45.3 Å². The van der Waals surface area contributed by atoms with Crippen molar-refractivity contribution < 1.29 is 109 Å². The van der Waals surface area contributed by atoms with E-state index in [2.05, 4.69) is 40.7 Å². The standard InChI is InChI=1S/C53H90O22/c1-23(2)10-9-14-53(8,75-47-43(67)39(63)37(61)29(72-47)22-68-45-41(65)36(60)28(21-56)69-45)24-11-16-52(7)33(24)25(57)18-31-50(5)15-13-32(49(3,4)30(50)12-17-51(31,52)6)73-48-44(40(64)35(59)27(20-55)71-48)74-46-42(66)38(62)34(58)26(19-54)70-46/h10,24-48,54-67H,9,11-22H2,1-8H3/t24-,25?,26+,27+,28-,29+,30-,31+,32?,33-,34+,35+,36-,37+,38-,39-,40-,41+,42+,43+,44+,45+,46-,47-,48-,50-,51+,52+,53-/m0/s1. The van der Waals surface area contributed by atoms with E-state index in [-0.39, 0.29) is 34.5 Å². The van der Waals surface area contributed by atoms with Crippen molar-refractivity contribution in [3.05, 3.63) is 11.6 Å². The SMILES string of the molecule is CC(C)=CCC[C@](C)(O[C@@H]1O[C@H](CO[C@@H]2O[C@@H](CO)[C@H](O)[C@H]2O)[C@@H](O)[C@H](O)[C@H]1O)[C@H]1CC[C@]2(C)[C@@H]1C(O)C[C@@H]1[C@@]3(C)CCC(O[C@@H]4O[C@H](CO)[C@@H](O)[C@H](O)[C@H]4O[C@@H]4O[C@H](CO)[C@@H](O)[C@H](O)[C@H]4O)C(C)(C)[C@@H]3CC[C@]12C. The Balaban J connectivity index is 1.01. The molecular weight excluding hydrogens is 989 g/mol. The fourth-order valence-electron chi connectivity index (χ4n) is 16.1. The molecule has 4 aliphatic heterocycles. The Morgan fingerprint density at radius 3 is 1.69 bits per heavy atom. The summed E-state index contributed by atoms with van der Waals surface area (Å²) in [7, 11) is 0. The minimum Gasteiger partial charge on any atom is -0.394 e. The van der Waals surface area contributed by atoms with Gasteiger partial charge >= 0.3 is 0 Å². The number of rotatable bonds is 16. The third kappa shape index (κ3) is 10.5. The number of hydrogen-bond acceptors (Lipinski definition) is 22. The Hall–Kier alpha value is -1.14. The van der Waals surface area contributed by atoms with E-state index in [4.69, 9.17) is 37.9 Å². The molecule has 8 aliphatic rings. The first-order chi connectivity index (χ1) is 35.1. The molecule has 2 unspecified atom stereocenters. The van der Waals surface area contributed by atoms with Crippen molar-refractivity contribution in [3.63, 3.8) is 0 Å². The van der Waals surface area contributed by atoms with Crippen LogP contribution in [0.3, 0.4) is 0 Å². The molecule has 75 heavy (non-hydrogen) atoms. The predicted octanol–water partition coefficient (Wildman–Crippen LogP) is -1.56. The summed E-state index contributed by atoms with van der Waals surface area (Å²) in [5.74, 6) is -0.394. The van der Waals surface area contributed by atoms with Gasteiger partial charge in [0.1, 0.15) is 91.6 Å². The van der Waals surface area contributed by atoms with Gasteiger partial charge < -0.3 is 109 Å². The molecule has 0 radical (unpaired) electrons. The maximum Gasteiger partial charge on any atom is 0.187 e. The highest BCUT2D eigenvalue weighted by Gasteiger charge is 2.72. The minimum absolute atomic E-state index is 0.0508. The Kier molecular flexibility index (Phi) is 18.1. The number of ether oxygens (including phenoxy) is 8. The fraction of sp³-hybridized carbons (Fsp3) is 0.962. The molecule has 0 bridgehead atoms. The van der Waals surface area contributed by atoms with Crippen LogP contribution < -0.4 is 0 Å². The Bertz CT molecular complexity index is 1940. The Labute approximate surface area is 439 Å². The summed E-state index contributed by atoms with van der Waals surface area (Å²) in [5.41, 5.74) is -1.47. The van der Waals surface area contributed by atoms with Gasteiger partial charge in [0.05, 0.1) is 44.2 Å². The first-order valence-corrected chi connectivity index (χ1v) is 27.3. The molecule has 22 heteroatoms. The molecular formula is C53H90O22. The highest BCUT2D eigenvalue weighted by molar-refractivity contribution is 5.20. The van der Waals surface area contributed by atoms with Crippen LogP contribution in [0.1, 0.15) is 113 Å². The zero-order chi connectivity index (χ0) is 55.1. The molecule has 4 aliphatic carbocycles. The topological polar surface area (TPSA) is 357 Å². The number of aliphatic hydroxyl groups is 14. The predicted molar refractivity (Wildman–Crippen MR) is 260 cm³/mol. The normalized spacial score (nSPS) is 52.6. The van der Waals surface area contributed by atoms with E-state index in [1.807, 2.05) is 20.8 Å². The number of aliphatic hydroxyl groups excluding tert-OH is 14. The van der Waals surface area contributed by atoms with Gasteiger partial charge in [-0.15, -0.1) is 0 Å². The molecule has 8 rings (SSSR count). The summed E-state index contributed by atoms with van der Waals surface area (Å²) in [4.78, 5) is 0.